The first-order valence-corrected chi connectivity index (χ1v) is 13.5. The largest absolute Gasteiger partial charge is 0.478 e. The van der Waals surface area contributed by atoms with Gasteiger partial charge in [0.1, 0.15) is 5.25 Å². The first-order valence-electron chi connectivity index (χ1n) is 12.6. The van der Waals surface area contributed by atoms with Gasteiger partial charge in [-0.05, 0) is 77.4 Å². The lowest BCUT2D eigenvalue weighted by Crippen LogP contribution is -2.20. The molecule has 5 rings (SSSR count). The summed E-state index contributed by atoms with van der Waals surface area (Å²) >= 11 is 1.37. The van der Waals surface area contributed by atoms with Crippen molar-refractivity contribution < 1.29 is 19.5 Å². The Morgan fingerprint density at radius 2 is 1.38 bits per heavy atom. The molecule has 0 aliphatic rings. The Labute approximate surface area is 236 Å². The van der Waals surface area contributed by atoms with E-state index in [9.17, 15) is 19.5 Å². The number of fused-ring (bicyclic) bond motifs is 1. The molecule has 0 bridgehead atoms. The monoisotopic (exact) mass is 546 g/mol. The molecule has 3 N–H and O–H groups in total. The Hall–Kier alpha value is -4.88. The molecule has 0 heterocycles. The highest BCUT2D eigenvalue weighted by molar-refractivity contribution is 8.00. The van der Waals surface area contributed by atoms with Crippen LogP contribution in [-0.2, 0) is 4.79 Å². The molecule has 6 nitrogen and oxygen atoms in total. The third-order valence-electron chi connectivity index (χ3n) is 6.46. The molecule has 7 heteroatoms. The maximum absolute atomic E-state index is 13.5. The highest BCUT2D eigenvalue weighted by Gasteiger charge is 2.23. The topological polar surface area (TPSA) is 95.5 Å². The van der Waals surface area contributed by atoms with Gasteiger partial charge in [0.2, 0.25) is 5.91 Å². The number of carboxylic acid groups (broad SMARTS) is 1. The van der Waals surface area contributed by atoms with Crippen LogP contribution in [0.4, 0.5) is 11.4 Å². The lowest BCUT2D eigenvalue weighted by molar-refractivity contribution is -0.115. The van der Waals surface area contributed by atoms with Gasteiger partial charge in [-0.1, -0.05) is 66.7 Å². The first-order chi connectivity index (χ1) is 19.4. The summed E-state index contributed by atoms with van der Waals surface area (Å²) in [5.41, 5.74) is 3.35. The molecule has 1 unspecified atom stereocenters. The molecule has 0 fully saturated rings. The molecule has 0 radical (unpaired) electrons. The van der Waals surface area contributed by atoms with Crippen molar-refractivity contribution in [1.29, 1.82) is 0 Å². The summed E-state index contributed by atoms with van der Waals surface area (Å²) in [5.74, 6) is -1.53. The van der Waals surface area contributed by atoms with E-state index < -0.39 is 11.2 Å². The zero-order chi connectivity index (χ0) is 28.1. The van der Waals surface area contributed by atoms with E-state index in [1.54, 1.807) is 12.1 Å². The van der Waals surface area contributed by atoms with E-state index in [1.807, 2.05) is 97.9 Å². The number of carbonyl (C=O) groups is 3. The lowest BCUT2D eigenvalue weighted by atomic mass is 10.1. The first kappa shape index (κ1) is 26.7. The second-order valence-electron chi connectivity index (χ2n) is 9.27. The Balaban J connectivity index is 1.32. The summed E-state index contributed by atoms with van der Waals surface area (Å²) in [7, 11) is 0. The molecule has 2 amide bonds. The summed E-state index contributed by atoms with van der Waals surface area (Å²) in [6.07, 6.45) is 0. The van der Waals surface area contributed by atoms with Gasteiger partial charge in [-0.15, -0.1) is 11.8 Å². The number of hydrogen-bond donors (Lipinski definition) is 3. The molecule has 40 heavy (non-hydrogen) atoms. The van der Waals surface area contributed by atoms with Gasteiger partial charge in [0.05, 0.1) is 5.56 Å². The zero-order valence-corrected chi connectivity index (χ0v) is 22.4. The van der Waals surface area contributed by atoms with E-state index in [0.717, 1.165) is 26.8 Å². The fourth-order valence-corrected chi connectivity index (χ4v) is 5.30. The van der Waals surface area contributed by atoms with E-state index in [4.69, 9.17) is 0 Å². The minimum Gasteiger partial charge on any atom is -0.478 e. The predicted molar refractivity (Wildman–Crippen MR) is 160 cm³/mol. The van der Waals surface area contributed by atoms with Crippen LogP contribution in [0.2, 0.25) is 0 Å². The van der Waals surface area contributed by atoms with Crippen LogP contribution >= 0.6 is 11.8 Å². The predicted octanol–water partition coefficient (Wildman–Crippen LogP) is 7.57. The molecule has 0 aliphatic heterocycles. The van der Waals surface area contributed by atoms with Crippen LogP contribution < -0.4 is 10.6 Å². The Morgan fingerprint density at radius 1 is 0.700 bits per heavy atom. The summed E-state index contributed by atoms with van der Waals surface area (Å²) in [6.45, 7) is 1.82. The number of benzene rings is 5. The number of aryl methyl sites for hydroxylation is 1. The van der Waals surface area contributed by atoms with Gasteiger partial charge in [-0.25, -0.2) is 4.79 Å². The average Bonchev–Trinajstić information content (AvgIpc) is 2.97. The van der Waals surface area contributed by atoms with E-state index >= 15 is 0 Å². The van der Waals surface area contributed by atoms with Crippen molar-refractivity contribution in [2.45, 2.75) is 17.1 Å². The van der Waals surface area contributed by atoms with E-state index in [0.29, 0.717) is 16.9 Å². The van der Waals surface area contributed by atoms with Gasteiger partial charge >= 0.3 is 5.97 Å². The van der Waals surface area contributed by atoms with Crippen molar-refractivity contribution in [3.05, 3.63) is 138 Å². The third-order valence-corrected chi connectivity index (χ3v) is 7.73. The number of hydrogen-bond acceptors (Lipinski definition) is 4. The Morgan fingerprint density at radius 3 is 2.10 bits per heavy atom. The summed E-state index contributed by atoms with van der Waals surface area (Å²) < 4.78 is 0. The minimum absolute atomic E-state index is 0.103. The number of aromatic carboxylic acids is 1. The van der Waals surface area contributed by atoms with Crippen LogP contribution in [-0.4, -0.2) is 22.9 Å². The number of carboxylic acids is 1. The van der Waals surface area contributed by atoms with Gasteiger partial charge < -0.3 is 15.7 Å². The van der Waals surface area contributed by atoms with Crippen molar-refractivity contribution in [3.8, 4) is 0 Å². The molecule has 1 atom stereocenters. The fraction of sp³-hybridized carbons (Fsp3) is 0.0606. The van der Waals surface area contributed by atoms with Gasteiger partial charge in [0.25, 0.3) is 5.91 Å². The van der Waals surface area contributed by atoms with Gasteiger partial charge in [0, 0.05) is 21.8 Å². The zero-order valence-electron chi connectivity index (χ0n) is 21.6. The standard InChI is InChI=1S/C33H26N2O4S/c1-21-11-12-26(33(38)39)20-29(21)35-32(37)30(23-8-3-2-4-9-23)40-28-17-15-27(16-18-28)34-31(36)25-14-13-22-7-5-6-10-24(22)19-25/h2-20,30H,1H3,(H,34,36)(H,35,37)(H,38,39). The SMILES string of the molecule is Cc1ccc(C(=O)O)cc1NC(=O)C(Sc1ccc(NC(=O)c2ccc3ccccc3c2)cc1)c1ccccc1. The molecular weight excluding hydrogens is 520 g/mol. The quantitative estimate of drug-likeness (QED) is 0.175. The molecule has 0 saturated heterocycles. The molecule has 0 spiro atoms. The van der Waals surface area contributed by atoms with Crippen LogP contribution in [0.5, 0.6) is 0 Å². The van der Waals surface area contributed by atoms with Crippen LogP contribution in [0.1, 0.15) is 37.1 Å². The summed E-state index contributed by atoms with van der Waals surface area (Å²) in [5, 5.41) is 16.7. The maximum Gasteiger partial charge on any atom is 0.335 e. The smallest absolute Gasteiger partial charge is 0.335 e. The van der Waals surface area contributed by atoms with Gasteiger partial charge in [0.15, 0.2) is 0 Å². The molecule has 5 aromatic rings. The van der Waals surface area contributed by atoms with Crippen molar-refractivity contribution in [2.75, 3.05) is 10.6 Å². The summed E-state index contributed by atoms with van der Waals surface area (Å²) in [4.78, 5) is 38.6. The number of rotatable bonds is 8. The second-order valence-corrected chi connectivity index (χ2v) is 10.5. The molecule has 5 aromatic carbocycles. The third kappa shape index (κ3) is 6.22. The minimum atomic E-state index is -1.06. The summed E-state index contributed by atoms with van der Waals surface area (Å²) in [6, 6.07) is 34.9. The van der Waals surface area contributed by atoms with Crippen molar-refractivity contribution in [2.24, 2.45) is 0 Å². The number of amides is 2. The van der Waals surface area contributed by atoms with E-state index in [-0.39, 0.29) is 17.4 Å². The highest BCUT2D eigenvalue weighted by Crippen LogP contribution is 2.37. The molecule has 0 aliphatic carbocycles. The van der Waals surface area contributed by atoms with E-state index in [2.05, 4.69) is 10.6 Å². The second kappa shape index (κ2) is 11.9. The van der Waals surface area contributed by atoms with Crippen LogP contribution in [0, 0.1) is 6.92 Å². The normalized spacial score (nSPS) is 11.5. The fourth-order valence-electron chi connectivity index (χ4n) is 4.28. The number of nitrogens with one attached hydrogen (secondary N) is 2. The van der Waals surface area contributed by atoms with Gasteiger partial charge in [-0.2, -0.15) is 0 Å². The average molecular weight is 547 g/mol. The Kier molecular flexibility index (Phi) is 7.94. The molecular formula is C33H26N2O4S. The highest BCUT2D eigenvalue weighted by atomic mass is 32.2. The van der Waals surface area contributed by atoms with Crippen molar-refractivity contribution in [3.63, 3.8) is 0 Å². The van der Waals surface area contributed by atoms with Crippen molar-refractivity contribution >= 4 is 51.7 Å². The number of anilines is 2. The number of thioether (sulfide) groups is 1. The Bertz CT molecular complexity index is 1700. The van der Waals surface area contributed by atoms with Gasteiger partial charge in [-0.3, -0.25) is 9.59 Å². The number of carbonyl (C=O) groups excluding carboxylic acids is 2. The van der Waals surface area contributed by atoms with Crippen molar-refractivity contribution in [1.82, 2.24) is 0 Å². The van der Waals surface area contributed by atoms with Crippen LogP contribution in [0.3, 0.4) is 0 Å². The maximum atomic E-state index is 13.5. The van der Waals surface area contributed by atoms with Crippen LogP contribution in [0.25, 0.3) is 10.8 Å². The molecule has 0 saturated carbocycles. The molecule has 198 valence electrons. The molecule has 0 aromatic heterocycles. The lowest BCUT2D eigenvalue weighted by Gasteiger charge is -2.18. The van der Waals surface area contributed by atoms with E-state index in [1.165, 1.54) is 23.9 Å². The van der Waals surface area contributed by atoms with Crippen LogP contribution in [0.15, 0.2) is 120 Å².